The molecule has 0 aliphatic rings. The van der Waals surface area contributed by atoms with E-state index in [2.05, 4.69) is 17.2 Å². The van der Waals surface area contributed by atoms with E-state index in [9.17, 15) is 4.79 Å². The molecule has 1 aromatic heterocycles. The van der Waals surface area contributed by atoms with Crippen LogP contribution in [0.4, 0.5) is 5.13 Å². The molecular weight excluding hydrogens is 384 g/mol. The van der Waals surface area contributed by atoms with Crippen molar-refractivity contribution in [1.29, 1.82) is 0 Å². The van der Waals surface area contributed by atoms with Crippen LogP contribution in [-0.2, 0) is 4.79 Å². The number of amides is 1. The second-order valence-electron chi connectivity index (χ2n) is 6.73. The summed E-state index contributed by atoms with van der Waals surface area (Å²) in [4.78, 5) is 16.7. The van der Waals surface area contributed by atoms with Crippen molar-refractivity contribution in [2.45, 2.75) is 33.1 Å². The molecule has 29 heavy (non-hydrogen) atoms. The summed E-state index contributed by atoms with van der Waals surface area (Å²) in [6.45, 7) is 5.32. The van der Waals surface area contributed by atoms with Crippen molar-refractivity contribution in [3.8, 4) is 22.8 Å². The predicted octanol–water partition coefficient (Wildman–Crippen LogP) is 5.71. The average molecular weight is 411 g/mol. The molecule has 1 heterocycles. The summed E-state index contributed by atoms with van der Waals surface area (Å²) in [5, 5.41) is 5.42. The monoisotopic (exact) mass is 410 g/mol. The second kappa shape index (κ2) is 10.6. The molecule has 3 aromatic rings. The first-order valence-corrected chi connectivity index (χ1v) is 10.7. The number of nitrogens with one attached hydrogen (secondary N) is 1. The van der Waals surface area contributed by atoms with E-state index in [1.54, 1.807) is 0 Å². The van der Waals surface area contributed by atoms with Gasteiger partial charge in [0.25, 0.3) is 0 Å². The highest BCUT2D eigenvalue weighted by Crippen LogP contribution is 2.26. The summed E-state index contributed by atoms with van der Waals surface area (Å²) in [5.41, 5.74) is 3.00. The number of carbonyl (C=O) groups excluding carboxylic acids is 1. The Morgan fingerprint density at radius 1 is 1.07 bits per heavy atom. The zero-order valence-corrected chi connectivity index (χ0v) is 17.6. The summed E-state index contributed by atoms with van der Waals surface area (Å²) in [6, 6.07) is 15.7. The van der Waals surface area contributed by atoms with Crippen molar-refractivity contribution >= 4 is 22.4 Å². The lowest BCUT2D eigenvalue weighted by atomic mass is 10.2. The minimum absolute atomic E-state index is 0.0537. The molecule has 2 aromatic carbocycles. The number of ether oxygens (including phenoxy) is 2. The van der Waals surface area contributed by atoms with Crippen LogP contribution in [-0.4, -0.2) is 24.1 Å². The highest BCUT2D eigenvalue weighted by atomic mass is 32.1. The van der Waals surface area contributed by atoms with Crippen LogP contribution in [0.5, 0.6) is 11.5 Å². The fourth-order valence-corrected chi connectivity index (χ4v) is 3.45. The van der Waals surface area contributed by atoms with Crippen LogP contribution in [0.3, 0.4) is 0 Å². The van der Waals surface area contributed by atoms with Crippen molar-refractivity contribution in [3.05, 3.63) is 59.5 Å². The topological polar surface area (TPSA) is 60.5 Å². The summed E-state index contributed by atoms with van der Waals surface area (Å²) in [7, 11) is 0. The van der Waals surface area contributed by atoms with Crippen LogP contribution in [0, 0.1) is 6.92 Å². The molecule has 0 spiro atoms. The Morgan fingerprint density at radius 3 is 2.62 bits per heavy atom. The molecule has 0 bridgehead atoms. The van der Waals surface area contributed by atoms with E-state index in [0.29, 0.717) is 31.2 Å². The van der Waals surface area contributed by atoms with E-state index >= 15 is 0 Å². The quantitative estimate of drug-likeness (QED) is 0.435. The maximum absolute atomic E-state index is 12.2. The summed E-state index contributed by atoms with van der Waals surface area (Å²) in [5.74, 6) is 1.63. The highest BCUT2D eigenvalue weighted by molar-refractivity contribution is 7.14. The van der Waals surface area contributed by atoms with Crippen molar-refractivity contribution in [2.75, 3.05) is 18.5 Å². The van der Waals surface area contributed by atoms with Crippen LogP contribution in [0.25, 0.3) is 11.3 Å². The number of aromatic nitrogens is 1. The predicted molar refractivity (Wildman–Crippen MR) is 118 cm³/mol. The number of nitrogens with zero attached hydrogens (tertiary/aromatic N) is 1. The number of hydrogen-bond acceptors (Lipinski definition) is 5. The summed E-state index contributed by atoms with van der Waals surface area (Å²) in [6.07, 6.45) is 2.02. The number of anilines is 1. The van der Waals surface area contributed by atoms with Gasteiger partial charge in [0, 0.05) is 17.4 Å². The van der Waals surface area contributed by atoms with Gasteiger partial charge < -0.3 is 14.8 Å². The second-order valence-corrected chi connectivity index (χ2v) is 7.59. The lowest BCUT2D eigenvalue weighted by Crippen LogP contribution is -2.12. The Kier molecular flexibility index (Phi) is 7.64. The van der Waals surface area contributed by atoms with Gasteiger partial charge in [-0.2, -0.15) is 0 Å². The van der Waals surface area contributed by atoms with Crippen molar-refractivity contribution in [3.63, 3.8) is 0 Å². The molecule has 0 aliphatic heterocycles. The first-order chi connectivity index (χ1) is 14.1. The minimum Gasteiger partial charge on any atom is -0.494 e. The first kappa shape index (κ1) is 20.9. The molecule has 0 saturated heterocycles. The Labute approximate surface area is 175 Å². The van der Waals surface area contributed by atoms with Gasteiger partial charge in [0.05, 0.1) is 18.9 Å². The molecule has 0 saturated carbocycles. The van der Waals surface area contributed by atoms with E-state index < -0.39 is 0 Å². The standard InChI is InChI=1S/C23H26N2O3S/c1-3-13-27-19-11-9-18(10-12-19)21-16-29-23(24-21)25-22(26)8-5-14-28-20-7-4-6-17(2)15-20/h4,6-7,9-12,15-16H,3,5,8,13-14H2,1-2H3,(H,24,25,26). The van der Waals surface area contributed by atoms with E-state index in [-0.39, 0.29) is 5.91 Å². The van der Waals surface area contributed by atoms with Crippen LogP contribution in [0.15, 0.2) is 53.9 Å². The number of carbonyl (C=O) groups is 1. The molecule has 1 amide bonds. The van der Waals surface area contributed by atoms with Crippen molar-refractivity contribution in [1.82, 2.24) is 4.98 Å². The van der Waals surface area contributed by atoms with Gasteiger partial charge in [0.1, 0.15) is 11.5 Å². The molecule has 3 rings (SSSR count). The lowest BCUT2D eigenvalue weighted by Gasteiger charge is -2.06. The van der Waals surface area contributed by atoms with Gasteiger partial charge in [-0.1, -0.05) is 19.1 Å². The average Bonchev–Trinajstić information content (AvgIpc) is 3.18. The molecule has 0 radical (unpaired) electrons. The maximum Gasteiger partial charge on any atom is 0.226 e. The third-order valence-corrected chi connectivity index (χ3v) is 4.94. The number of aryl methyl sites for hydroxylation is 1. The first-order valence-electron chi connectivity index (χ1n) is 9.82. The van der Waals surface area contributed by atoms with E-state index in [0.717, 1.165) is 34.7 Å². The van der Waals surface area contributed by atoms with E-state index in [4.69, 9.17) is 9.47 Å². The summed E-state index contributed by atoms with van der Waals surface area (Å²) >= 11 is 1.42. The minimum atomic E-state index is -0.0537. The largest absolute Gasteiger partial charge is 0.494 e. The molecular formula is C23H26N2O3S. The molecule has 1 N–H and O–H groups in total. The number of benzene rings is 2. The van der Waals surface area contributed by atoms with Gasteiger partial charge in [-0.15, -0.1) is 11.3 Å². The van der Waals surface area contributed by atoms with Crippen LogP contribution in [0.2, 0.25) is 0 Å². The van der Waals surface area contributed by atoms with Gasteiger partial charge >= 0.3 is 0 Å². The molecule has 6 heteroatoms. The number of thiazole rings is 1. The van der Waals surface area contributed by atoms with E-state index in [1.807, 2.05) is 60.8 Å². The normalized spacial score (nSPS) is 10.6. The zero-order chi connectivity index (χ0) is 20.5. The Morgan fingerprint density at radius 2 is 1.86 bits per heavy atom. The molecule has 0 unspecified atom stereocenters. The Hall–Kier alpha value is -2.86. The van der Waals surface area contributed by atoms with Crippen LogP contribution < -0.4 is 14.8 Å². The van der Waals surface area contributed by atoms with Gasteiger partial charge in [-0.3, -0.25) is 4.79 Å². The van der Waals surface area contributed by atoms with Crippen molar-refractivity contribution in [2.24, 2.45) is 0 Å². The smallest absolute Gasteiger partial charge is 0.226 e. The fourth-order valence-electron chi connectivity index (χ4n) is 2.72. The number of rotatable bonds is 10. The lowest BCUT2D eigenvalue weighted by molar-refractivity contribution is -0.116. The third kappa shape index (κ3) is 6.61. The molecule has 152 valence electrons. The molecule has 0 aliphatic carbocycles. The SMILES string of the molecule is CCCOc1ccc(-c2csc(NC(=O)CCCOc3cccc(C)c3)n2)cc1. The van der Waals surface area contributed by atoms with Gasteiger partial charge in [-0.05, 0) is 61.7 Å². The highest BCUT2D eigenvalue weighted by Gasteiger charge is 2.08. The Balaban J connectivity index is 1.43. The summed E-state index contributed by atoms with van der Waals surface area (Å²) < 4.78 is 11.3. The zero-order valence-electron chi connectivity index (χ0n) is 16.8. The van der Waals surface area contributed by atoms with Gasteiger partial charge in [0.2, 0.25) is 5.91 Å². The van der Waals surface area contributed by atoms with Crippen LogP contribution >= 0.6 is 11.3 Å². The maximum atomic E-state index is 12.2. The Bertz CT molecular complexity index is 922. The van der Waals surface area contributed by atoms with Crippen LogP contribution in [0.1, 0.15) is 31.7 Å². The fraction of sp³-hybridized carbons (Fsp3) is 0.304. The molecule has 0 fully saturated rings. The molecule has 5 nitrogen and oxygen atoms in total. The van der Waals surface area contributed by atoms with Crippen molar-refractivity contribution < 1.29 is 14.3 Å². The molecule has 0 atom stereocenters. The van der Waals surface area contributed by atoms with Gasteiger partial charge in [-0.25, -0.2) is 4.98 Å². The third-order valence-electron chi connectivity index (χ3n) is 4.18. The number of hydrogen-bond donors (Lipinski definition) is 1. The van der Waals surface area contributed by atoms with E-state index in [1.165, 1.54) is 11.3 Å². The van der Waals surface area contributed by atoms with Gasteiger partial charge in [0.15, 0.2) is 5.13 Å².